The predicted molar refractivity (Wildman–Crippen MR) is 89.6 cm³/mol. The van der Waals surface area contributed by atoms with Gasteiger partial charge in [-0.05, 0) is 54.4 Å². The van der Waals surface area contributed by atoms with E-state index in [1.807, 2.05) is 43.3 Å². The van der Waals surface area contributed by atoms with Crippen LogP contribution in [0, 0.1) is 6.92 Å². The van der Waals surface area contributed by atoms with Gasteiger partial charge in [-0.25, -0.2) is 0 Å². The smallest absolute Gasteiger partial charge is 0.176 e. The molecule has 112 valence electrons. The average Bonchev–Trinajstić information content (AvgIpc) is 2.97. The Bertz CT molecular complexity index is 843. The summed E-state index contributed by atoms with van der Waals surface area (Å²) in [5, 5.41) is 1.000. The highest BCUT2D eigenvalue weighted by Gasteiger charge is 2.13. The van der Waals surface area contributed by atoms with E-state index in [9.17, 15) is 0 Å². The van der Waals surface area contributed by atoms with E-state index >= 15 is 0 Å². The first-order valence-electron chi connectivity index (χ1n) is 7.05. The minimum absolute atomic E-state index is 0.713. The Hall–Kier alpha value is -2.68. The van der Waals surface area contributed by atoms with Gasteiger partial charge in [0.1, 0.15) is 11.5 Å². The standard InChI is InChI=1S/C19H18O3/c1-5-13-9-14-11-17(22-19(14)18(10-13)21-4)16-7-6-15(20-3)8-12(16)2/h5-11H,1H2,2-4H3. The van der Waals surface area contributed by atoms with Gasteiger partial charge in [-0.2, -0.15) is 0 Å². The maximum absolute atomic E-state index is 6.03. The van der Waals surface area contributed by atoms with E-state index in [-0.39, 0.29) is 0 Å². The van der Waals surface area contributed by atoms with E-state index < -0.39 is 0 Å². The van der Waals surface area contributed by atoms with Gasteiger partial charge in [0.05, 0.1) is 14.2 Å². The lowest BCUT2D eigenvalue weighted by atomic mass is 10.1. The van der Waals surface area contributed by atoms with Gasteiger partial charge in [0.2, 0.25) is 0 Å². The molecule has 3 heteroatoms. The van der Waals surface area contributed by atoms with Gasteiger partial charge >= 0.3 is 0 Å². The molecule has 0 saturated carbocycles. The highest BCUT2D eigenvalue weighted by molar-refractivity contribution is 5.89. The van der Waals surface area contributed by atoms with E-state index in [1.165, 1.54) is 0 Å². The summed E-state index contributed by atoms with van der Waals surface area (Å²) in [6.45, 7) is 5.85. The van der Waals surface area contributed by atoms with Crippen molar-refractivity contribution in [3.05, 3.63) is 54.1 Å². The van der Waals surface area contributed by atoms with Crippen LogP contribution in [0.5, 0.6) is 11.5 Å². The largest absolute Gasteiger partial charge is 0.497 e. The molecule has 0 N–H and O–H groups in total. The number of methoxy groups -OCH3 is 2. The van der Waals surface area contributed by atoms with E-state index in [4.69, 9.17) is 13.9 Å². The van der Waals surface area contributed by atoms with Crippen molar-refractivity contribution in [2.24, 2.45) is 0 Å². The van der Waals surface area contributed by atoms with E-state index in [1.54, 1.807) is 20.3 Å². The first-order chi connectivity index (χ1) is 10.7. The summed E-state index contributed by atoms with van der Waals surface area (Å²) < 4.78 is 16.7. The normalized spacial score (nSPS) is 10.7. The molecular formula is C19H18O3. The van der Waals surface area contributed by atoms with Crippen LogP contribution < -0.4 is 9.47 Å². The summed E-state index contributed by atoms with van der Waals surface area (Å²) in [6, 6.07) is 11.9. The Balaban J connectivity index is 2.18. The van der Waals surface area contributed by atoms with Crippen LogP contribution in [0.2, 0.25) is 0 Å². The van der Waals surface area contributed by atoms with Crippen LogP contribution >= 0.6 is 0 Å². The zero-order chi connectivity index (χ0) is 15.7. The van der Waals surface area contributed by atoms with Crippen molar-refractivity contribution in [1.29, 1.82) is 0 Å². The fourth-order valence-corrected chi connectivity index (χ4v) is 2.58. The van der Waals surface area contributed by atoms with Crippen molar-refractivity contribution in [3.63, 3.8) is 0 Å². The quantitative estimate of drug-likeness (QED) is 0.673. The molecule has 2 aromatic carbocycles. The van der Waals surface area contributed by atoms with Crippen LogP contribution in [0.1, 0.15) is 11.1 Å². The Morgan fingerprint density at radius 3 is 2.50 bits per heavy atom. The second-order valence-corrected chi connectivity index (χ2v) is 5.14. The Labute approximate surface area is 129 Å². The van der Waals surface area contributed by atoms with Crippen molar-refractivity contribution in [2.75, 3.05) is 14.2 Å². The summed E-state index contributed by atoms with van der Waals surface area (Å²) in [5.41, 5.74) is 3.89. The molecule has 3 nitrogen and oxygen atoms in total. The van der Waals surface area contributed by atoms with Gasteiger partial charge in [0, 0.05) is 10.9 Å². The zero-order valence-corrected chi connectivity index (χ0v) is 13.0. The van der Waals surface area contributed by atoms with Gasteiger partial charge in [-0.3, -0.25) is 0 Å². The molecule has 0 aliphatic heterocycles. The molecule has 0 bridgehead atoms. The fraction of sp³-hybridized carbons (Fsp3) is 0.158. The maximum atomic E-state index is 6.03. The van der Waals surface area contributed by atoms with E-state index in [0.29, 0.717) is 5.75 Å². The molecule has 0 fully saturated rings. The van der Waals surface area contributed by atoms with Crippen molar-refractivity contribution in [3.8, 4) is 22.8 Å². The highest BCUT2D eigenvalue weighted by atomic mass is 16.5. The molecule has 0 spiro atoms. The first-order valence-corrected chi connectivity index (χ1v) is 7.05. The van der Waals surface area contributed by atoms with Gasteiger partial charge in [0.15, 0.2) is 11.3 Å². The summed E-state index contributed by atoms with van der Waals surface area (Å²) in [4.78, 5) is 0. The van der Waals surface area contributed by atoms with Gasteiger partial charge < -0.3 is 13.9 Å². The van der Waals surface area contributed by atoms with Crippen molar-refractivity contribution < 1.29 is 13.9 Å². The number of hydrogen-bond acceptors (Lipinski definition) is 3. The number of aryl methyl sites for hydroxylation is 1. The van der Waals surface area contributed by atoms with Gasteiger partial charge in [-0.1, -0.05) is 12.7 Å². The second kappa shape index (κ2) is 5.60. The van der Waals surface area contributed by atoms with Gasteiger partial charge in [-0.15, -0.1) is 0 Å². The molecule has 1 heterocycles. The summed E-state index contributed by atoms with van der Waals surface area (Å²) in [7, 11) is 3.31. The summed E-state index contributed by atoms with van der Waals surface area (Å²) in [5.74, 6) is 2.36. The third-order valence-electron chi connectivity index (χ3n) is 3.76. The summed E-state index contributed by atoms with van der Waals surface area (Å²) in [6.07, 6.45) is 1.80. The molecule has 1 aromatic heterocycles. The van der Waals surface area contributed by atoms with Crippen LogP contribution in [-0.2, 0) is 0 Å². The molecule has 0 aliphatic rings. The molecule has 0 saturated heterocycles. The third kappa shape index (κ3) is 2.35. The minimum atomic E-state index is 0.713. The molecule has 0 atom stereocenters. The topological polar surface area (TPSA) is 31.6 Å². The van der Waals surface area contributed by atoms with Gasteiger partial charge in [0.25, 0.3) is 0 Å². The monoisotopic (exact) mass is 294 g/mol. The Morgan fingerprint density at radius 2 is 1.86 bits per heavy atom. The number of fused-ring (bicyclic) bond motifs is 1. The number of ether oxygens (including phenoxy) is 2. The molecule has 0 unspecified atom stereocenters. The predicted octanol–water partition coefficient (Wildman–Crippen LogP) is 5.07. The molecule has 3 rings (SSSR count). The van der Waals surface area contributed by atoms with E-state index in [0.717, 1.165) is 39.2 Å². The van der Waals surface area contributed by atoms with Crippen LogP contribution in [0.4, 0.5) is 0 Å². The zero-order valence-electron chi connectivity index (χ0n) is 13.0. The molecule has 0 amide bonds. The fourth-order valence-electron chi connectivity index (χ4n) is 2.58. The molecule has 3 aromatic rings. The lowest BCUT2D eigenvalue weighted by Crippen LogP contribution is -1.86. The van der Waals surface area contributed by atoms with Crippen molar-refractivity contribution >= 4 is 17.0 Å². The van der Waals surface area contributed by atoms with Crippen LogP contribution in [0.15, 0.2) is 47.4 Å². The lowest BCUT2D eigenvalue weighted by Gasteiger charge is -2.05. The van der Waals surface area contributed by atoms with E-state index in [2.05, 4.69) is 6.58 Å². The number of benzene rings is 2. The first kappa shape index (κ1) is 14.3. The minimum Gasteiger partial charge on any atom is -0.497 e. The highest BCUT2D eigenvalue weighted by Crippen LogP contribution is 2.36. The van der Waals surface area contributed by atoms with Crippen molar-refractivity contribution in [2.45, 2.75) is 6.92 Å². The molecular weight excluding hydrogens is 276 g/mol. The SMILES string of the molecule is C=Cc1cc(OC)c2oc(-c3ccc(OC)cc3C)cc2c1. The Kier molecular flexibility index (Phi) is 3.63. The molecule has 0 radical (unpaired) electrons. The molecule has 22 heavy (non-hydrogen) atoms. The number of rotatable bonds is 4. The average molecular weight is 294 g/mol. The number of furan rings is 1. The van der Waals surface area contributed by atoms with Crippen LogP contribution in [0.3, 0.4) is 0 Å². The molecule has 0 aliphatic carbocycles. The third-order valence-corrected chi connectivity index (χ3v) is 3.76. The maximum Gasteiger partial charge on any atom is 0.176 e. The van der Waals surface area contributed by atoms with Crippen molar-refractivity contribution in [1.82, 2.24) is 0 Å². The summed E-state index contributed by atoms with van der Waals surface area (Å²) >= 11 is 0. The number of hydrogen-bond donors (Lipinski definition) is 0. The van der Waals surface area contributed by atoms with Crippen LogP contribution in [0.25, 0.3) is 28.4 Å². The lowest BCUT2D eigenvalue weighted by molar-refractivity contribution is 0.410. The Morgan fingerprint density at radius 1 is 1.05 bits per heavy atom. The van der Waals surface area contributed by atoms with Crippen LogP contribution in [-0.4, -0.2) is 14.2 Å². The second-order valence-electron chi connectivity index (χ2n) is 5.14.